The molecule has 2 N–H and O–H groups in total. The molecule has 9 heteroatoms. The first-order chi connectivity index (χ1) is 21.0. The van der Waals surface area contributed by atoms with Crippen molar-refractivity contribution in [1.82, 2.24) is 5.32 Å². The number of hydrogen-bond acceptors (Lipinski definition) is 6. The van der Waals surface area contributed by atoms with Gasteiger partial charge in [-0.3, -0.25) is 9.36 Å². The van der Waals surface area contributed by atoms with E-state index >= 15 is 0 Å². The van der Waals surface area contributed by atoms with Gasteiger partial charge < -0.3 is 28.8 Å². The van der Waals surface area contributed by atoms with Crippen molar-refractivity contribution < 1.29 is 32.9 Å². The quantitative estimate of drug-likeness (QED) is 0.0402. The lowest BCUT2D eigenvalue weighted by molar-refractivity contribution is -0.870. The Morgan fingerprint density at radius 3 is 1.93 bits per heavy atom. The molecule has 8 nitrogen and oxygen atoms in total. The van der Waals surface area contributed by atoms with E-state index in [-0.39, 0.29) is 19.1 Å². The van der Waals surface area contributed by atoms with Gasteiger partial charge in [0.1, 0.15) is 13.2 Å². The molecular formula is C35H63N2O6P. The Morgan fingerprint density at radius 1 is 0.818 bits per heavy atom. The summed E-state index contributed by atoms with van der Waals surface area (Å²) in [6.45, 7) is 4.35. The number of carbonyl (C=O) groups excluding carboxylic acids is 1. The van der Waals surface area contributed by atoms with E-state index < -0.39 is 20.0 Å². The highest BCUT2D eigenvalue weighted by molar-refractivity contribution is 7.45. The Labute approximate surface area is 269 Å². The van der Waals surface area contributed by atoms with Gasteiger partial charge in [-0.2, -0.15) is 0 Å². The van der Waals surface area contributed by atoms with Gasteiger partial charge in [0, 0.05) is 6.42 Å². The van der Waals surface area contributed by atoms with Crippen LogP contribution < -0.4 is 10.2 Å². The Hall–Kier alpha value is -1.80. The molecule has 0 heterocycles. The first-order valence-electron chi connectivity index (χ1n) is 16.6. The lowest BCUT2D eigenvalue weighted by Crippen LogP contribution is -2.46. The van der Waals surface area contributed by atoms with Gasteiger partial charge in [0.25, 0.3) is 7.82 Å². The number of phosphoric ester groups is 1. The van der Waals surface area contributed by atoms with E-state index in [1.807, 2.05) is 21.1 Å². The average molecular weight is 639 g/mol. The minimum Gasteiger partial charge on any atom is -0.756 e. The van der Waals surface area contributed by atoms with Gasteiger partial charge in [0.15, 0.2) is 0 Å². The molecule has 0 bridgehead atoms. The minimum atomic E-state index is -4.54. The summed E-state index contributed by atoms with van der Waals surface area (Å²) < 4.78 is 22.8. The molecule has 0 aromatic rings. The van der Waals surface area contributed by atoms with Crippen molar-refractivity contribution in [3.63, 3.8) is 0 Å². The van der Waals surface area contributed by atoms with Crippen LogP contribution >= 0.6 is 7.82 Å². The third-order valence-electron chi connectivity index (χ3n) is 6.77. The molecule has 0 spiro atoms. The normalized spacial score (nSPS) is 15.7. The van der Waals surface area contributed by atoms with Gasteiger partial charge in [0.2, 0.25) is 5.91 Å². The van der Waals surface area contributed by atoms with Crippen molar-refractivity contribution in [1.29, 1.82) is 0 Å². The highest BCUT2D eigenvalue weighted by Gasteiger charge is 2.24. The van der Waals surface area contributed by atoms with Gasteiger partial charge in [-0.1, -0.05) is 100 Å². The number of amides is 1. The second-order valence-corrected chi connectivity index (χ2v) is 13.5. The molecule has 0 fully saturated rings. The van der Waals surface area contributed by atoms with Crippen molar-refractivity contribution in [2.45, 2.75) is 116 Å². The molecule has 0 rings (SSSR count). The number of quaternary nitrogens is 1. The number of unbranched alkanes of at least 4 members (excludes halogenated alkanes) is 5. The molecule has 0 aliphatic rings. The number of aliphatic hydroxyl groups is 1. The summed E-state index contributed by atoms with van der Waals surface area (Å²) in [7, 11) is 1.26. The van der Waals surface area contributed by atoms with E-state index in [9.17, 15) is 19.4 Å². The topological polar surface area (TPSA) is 108 Å². The zero-order chi connectivity index (χ0) is 32.9. The van der Waals surface area contributed by atoms with Crippen LogP contribution in [0.4, 0.5) is 0 Å². The molecule has 1 amide bonds. The van der Waals surface area contributed by atoms with Crippen LogP contribution in [0.15, 0.2) is 60.8 Å². The molecule has 254 valence electrons. The number of phosphoric acid groups is 1. The zero-order valence-electron chi connectivity index (χ0n) is 28.3. The summed E-state index contributed by atoms with van der Waals surface area (Å²) in [4.78, 5) is 24.8. The summed E-state index contributed by atoms with van der Waals surface area (Å²) in [5.74, 6) is -0.213. The number of aliphatic hydroxyl groups excluding tert-OH is 1. The maximum Gasteiger partial charge on any atom is 0.268 e. The molecule has 0 aromatic heterocycles. The molecule has 3 unspecified atom stereocenters. The van der Waals surface area contributed by atoms with Crippen LogP contribution in [0, 0.1) is 0 Å². The average Bonchev–Trinajstić information content (AvgIpc) is 2.95. The standard InChI is InChI=1S/C35H63N2O6P/c1-6-8-10-11-12-13-14-15-16-17-18-19-20-21-22-23-24-25-27-29-35(39)36-33(34(38)28-26-9-7-2)32-43-44(40,41)42-31-30-37(3,4)5/h8,10,12-13,15-16,18-19,21-22,33-34,38H,6-7,9,11,14,17,20,23-32H2,1-5H3,(H-,36,39,40,41)/b10-8-,13-12-,16-15-,19-18-,22-21-. The van der Waals surface area contributed by atoms with E-state index in [1.54, 1.807) is 0 Å². The highest BCUT2D eigenvalue weighted by atomic mass is 31.2. The molecule has 0 radical (unpaired) electrons. The third kappa shape index (κ3) is 28.9. The van der Waals surface area contributed by atoms with Crippen molar-refractivity contribution in [2.24, 2.45) is 0 Å². The first kappa shape index (κ1) is 42.2. The van der Waals surface area contributed by atoms with E-state index in [2.05, 4.69) is 79.9 Å². The van der Waals surface area contributed by atoms with E-state index in [0.29, 0.717) is 23.9 Å². The fourth-order valence-corrected chi connectivity index (χ4v) is 4.78. The molecule has 0 saturated carbocycles. The number of carbonyl (C=O) groups is 1. The zero-order valence-corrected chi connectivity index (χ0v) is 29.2. The van der Waals surface area contributed by atoms with Crippen LogP contribution in [0.5, 0.6) is 0 Å². The Bertz CT molecular complexity index is 907. The first-order valence-corrected chi connectivity index (χ1v) is 18.1. The summed E-state index contributed by atoms with van der Waals surface area (Å²) in [5.41, 5.74) is 0. The Kier molecular flexibility index (Phi) is 26.4. The molecule has 0 aromatic carbocycles. The number of nitrogens with zero attached hydrogens (tertiary/aromatic N) is 1. The van der Waals surface area contributed by atoms with Gasteiger partial charge in [-0.25, -0.2) is 0 Å². The minimum absolute atomic E-state index is 0.0000204. The number of nitrogens with one attached hydrogen (secondary N) is 1. The lowest BCUT2D eigenvalue weighted by Gasteiger charge is -2.30. The fourth-order valence-electron chi connectivity index (χ4n) is 4.06. The van der Waals surface area contributed by atoms with Crippen LogP contribution in [-0.2, 0) is 18.4 Å². The highest BCUT2D eigenvalue weighted by Crippen LogP contribution is 2.38. The number of rotatable bonds is 28. The molecular weight excluding hydrogens is 575 g/mol. The van der Waals surface area contributed by atoms with Crippen LogP contribution in [0.25, 0.3) is 0 Å². The molecule has 0 saturated heterocycles. The van der Waals surface area contributed by atoms with Crippen molar-refractivity contribution >= 4 is 13.7 Å². The van der Waals surface area contributed by atoms with Crippen molar-refractivity contribution in [2.75, 3.05) is 40.9 Å². The number of hydrogen-bond donors (Lipinski definition) is 2. The molecule has 44 heavy (non-hydrogen) atoms. The molecule has 0 aliphatic heterocycles. The maximum absolute atomic E-state index is 12.6. The smallest absolute Gasteiger partial charge is 0.268 e. The second-order valence-electron chi connectivity index (χ2n) is 12.1. The van der Waals surface area contributed by atoms with E-state index in [4.69, 9.17) is 9.05 Å². The largest absolute Gasteiger partial charge is 0.756 e. The Morgan fingerprint density at radius 2 is 1.39 bits per heavy atom. The lowest BCUT2D eigenvalue weighted by atomic mass is 10.0. The maximum atomic E-state index is 12.6. The van der Waals surface area contributed by atoms with Gasteiger partial charge in [-0.05, 0) is 57.8 Å². The summed E-state index contributed by atoms with van der Waals surface area (Å²) in [6.07, 6.45) is 33.0. The SMILES string of the molecule is CC/C=C\C/C=C\C/C=C\C/C=C\C/C=C\CCCCCC(=O)NC(COP(=O)([O-])OCC[N+](C)(C)C)C(O)CCCCC. The Balaban J connectivity index is 4.29. The van der Waals surface area contributed by atoms with E-state index in [1.165, 1.54) is 0 Å². The van der Waals surface area contributed by atoms with Crippen molar-refractivity contribution in [3.05, 3.63) is 60.8 Å². The third-order valence-corrected chi connectivity index (χ3v) is 7.73. The predicted octanol–water partition coefficient (Wildman–Crippen LogP) is 7.32. The summed E-state index contributed by atoms with van der Waals surface area (Å²) >= 11 is 0. The van der Waals surface area contributed by atoms with Crippen molar-refractivity contribution in [3.8, 4) is 0 Å². The predicted molar refractivity (Wildman–Crippen MR) is 182 cm³/mol. The van der Waals surface area contributed by atoms with Crippen LogP contribution in [0.2, 0.25) is 0 Å². The van der Waals surface area contributed by atoms with Crippen LogP contribution in [0.3, 0.4) is 0 Å². The fraction of sp³-hybridized carbons (Fsp3) is 0.686. The van der Waals surface area contributed by atoms with Gasteiger partial charge in [-0.15, -0.1) is 0 Å². The van der Waals surface area contributed by atoms with E-state index in [0.717, 1.165) is 77.0 Å². The summed E-state index contributed by atoms with van der Waals surface area (Å²) in [6, 6.07) is -0.815. The van der Waals surface area contributed by atoms with Gasteiger partial charge >= 0.3 is 0 Å². The second kappa shape index (κ2) is 27.5. The van der Waals surface area contributed by atoms with Crippen LogP contribution in [-0.4, -0.2) is 68.5 Å². The molecule has 3 atom stereocenters. The number of allylic oxidation sites excluding steroid dienone is 10. The van der Waals surface area contributed by atoms with Gasteiger partial charge in [0.05, 0.1) is 39.9 Å². The monoisotopic (exact) mass is 638 g/mol. The van der Waals surface area contributed by atoms with Crippen LogP contribution in [0.1, 0.15) is 104 Å². The summed E-state index contributed by atoms with van der Waals surface area (Å²) in [5, 5.41) is 13.4. The molecule has 0 aliphatic carbocycles. The number of likely N-dealkylation sites (N-methyl/N-ethyl adjacent to an activating group) is 1.